The van der Waals surface area contributed by atoms with Crippen molar-refractivity contribution in [1.82, 2.24) is 15.5 Å². The fourth-order valence-corrected chi connectivity index (χ4v) is 2.28. The number of hydrogen-bond donors (Lipinski definition) is 3. The van der Waals surface area contributed by atoms with Crippen LogP contribution in [0.1, 0.15) is 36.9 Å². The van der Waals surface area contributed by atoms with Gasteiger partial charge in [-0.05, 0) is 31.7 Å². The van der Waals surface area contributed by atoms with Gasteiger partial charge in [-0.2, -0.15) is 5.10 Å². The van der Waals surface area contributed by atoms with E-state index in [-0.39, 0.29) is 11.3 Å². The van der Waals surface area contributed by atoms with E-state index in [9.17, 15) is 4.79 Å². The molecule has 94 valence electrons. The maximum atomic E-state index is 11.8. The van der Waals surface area contributed by atoms with Gasteiger partial charge < -0.3 is 11.1 Å². The summed E-state index contributed by atoms with van der Waals surface area (Å²) in [6.45, 7) is 3.11. The van der Waals surface area contributed by atoms with Gasteiger partial charge in [0.15, 0.2) is 0 Å². The molecule has 1 fully saturated rings. The van der Waals surface area contributed by atoms with Gasteiger partial charge in [-0.3, -0.25) is 9.89 Å². The van der Waals surface area contributed by atoms with Gasteiger partial charge in [-0.1, -0.05) is 6.42 Å². The van der Waals surface area contributed by atoms with Crippen LogP contribution in [0, 0.1) is 12.3 Å². The number of aromatic amines is 1. The summed E-state index contributed by atoms with van der Waals surface area (Å²) >= 11 is 0. The van der Waals surface area contributed by atoms with Crippen molar-refractivity contribution in [2.75, 3.05) is 6.54 Å². The van der Waals surface area contributed by atoms with Crippen LogP contribution in [0.2, 0.25) is 0 Å². The van der Waals surface area contributed by atoms with Gasteiger partial charge in [0.2, 0.25) is 5.91 Å². The molecule has 1 heterocycles. The van der Waals surface area contributed by atoms with Gasteiger partial charge in [0.25, 0.3) is 0 Å². The van der Waals surface area contributed by atoms with Crippen molar-refractivity contribution in [3.63, 3.8) is 0 Å². The van der Waals surface area contributed by atoms with E-state index < -0.39 is 0 Å². The van der Waals surface area contributed by atoms with Crippen LogP contribution in [-0.4, -0.2) is 22.6 Å². The largest absolute Gasteiger partial charge is 0.352 e. The molecule has 1 saturated carbocycles. The number of aromatic nitrogens is 2. The minimum absolute atomic E-state index is 0.0789. The second kappa shape index (κ2) is 4.87. The fraction of sp³-hybridized carbons (Fsp3) is 0.667. The Morgan fingerprint density at radius 2 is 2.41 bits per heavy atom. The number of rotatable bonds is 5. The number of hydrogen-bond acceptors (Lipinski definition) is 3. The van der Waals surface area contributed by atoms with Gasteiger partial charge in [0, 0.05) is 24.2 Å². The molecular formula is C12H20N4O. The highest BCUT2D eigenvalue weighted by molar-refractivity contribution is 5.76. The molecular weight excluding hydrogens is 216 g/mol. The number of nitrogens with zero attached hydrogens (tertiary/aromatic N) is 1. The van der Waals surface area contributed by atoms with Crippen LogP contribution in [0.4, 0.5) is 0 Å². The summed E-state index contributed by atoms with van der Waals surface area (Å²) in [5, 5.41) is 9.70. The molecule has 0 unspecified atom stereocenters. The van der Waals surface area contributed by atoms with Gasteiger partial charge in [-0.15, -0.1) is 0 Å². The molecule has 1 aromatic rings. The molecule has 1 amide bonds. The maximum absolute atomic E-state index is 11.8. The molecule has 5 nitrogen and oxygen atoms in total. The van der Waals surface area contributed by atoms with Crippen LogP contribution in [0.25, 0.3) is 0 Å². The first-order chi connectivity index (χ1) is 8.15. The monoisotopic (exact) mass is 236 g/mol. The van der Waals surface area contributed by atoms with Gasteiger partial charge >= 0.3 is 0 Å². The second-order valence-electron chi connectivity index (χ2n) is 5.03. The predicted molar refractivity (Wildman–Crippen MR) is 65.1 cm³/mol. The first-order valence-corrected chi connectivity index (χ1v) is 6.11. The smallest absolute Gasteiger partial charge is 0.220 e. The Bertz CT molecular complexity index is 389. The molecule has 0 aliphatic heterocycles. The number of aryl methyl sites for hydroxylation is 1. The lowest BCUT2D eigenvalue weighted by molar-refractivity contribution is -0.124. The van der Waals surface area contributed by atoms with Gasteiger partial charge in [0.1, 0.15) is 0 Å². The zero-order valence-corrected chi connectivity index (χ0v) is 10.3. The average Bonchev–Trinajstić information content (AvgIpc) is 2.67. The van der Waals surface area contributed by atoms with Crippen LogP contribution in [0.3, 0.4) is 0 Å². The van der Waals surface area contributed by atoms with Crippen LogP contribution < -0.4 is 11.1 Å². The molecule has 5 heteroatoms. The molecule has 1 aliphatic carbocycles. The molecule has 0 spiro atoms. The van der Waals surface area contributed by atoms with Gasteiger partial charge in [-0.25, -0.2) is 0 Å². The number of nitrogens with two attached hydrogens (primary N) is 1. The predicted octanol–water partition coefficient (Wildman–Crippen LogP) is 0.853. The Kier molecular flexibility index (Phi) is 3.47. The summed E-state index contributed by atoms with van der Waals surface area (Å²) in [4.78, 5) is 11.8. The summed E-state index contributed by atoms with van der Waals surface area (Å²) in [7, 11) is 0. The van der Waals surface area contributed by atoms with Crippen molar-refractivity contribution in [3.05, 3.63) is 17.5 Å². The van der Waals surface area contributed by atoms with Crippen LogP contribution in [-0.2, 0) is 11.3 Å². The first kappa shape index (κ1) is 12.1. The number of carbonyl (C=O) groups excluding carboxylic acids is 1. The van der Waals surface area contributed by atoms with E-state index in [1.165, 1.54) is 6.42 Å². The van der Waals surface area contributed by atoms with E-state index in [0.29, 0.717) is 19.5 Å². The molecule has 0 saturated heterocycles. The number of H-pyrrole nitrogens is 1. The zero-order valence-electron chi connectivity index (χ0n) is 10.3. The first-order valence-electron chi connectivity index (χ1n) is 6.11. The number of amides is 1. The third-order valence-corrected chi connectivity index (χ3v) is 3.79. The highest BCUT2D eigenvalue weighted by Crippen LogP contribution is 2.42. The Balaban J connectivity index is 1.80. The highest BCUT2D eigenvalue weighted by atomic mass is 16.1. The van der Waals surface area contributed by atoms with E-state index in [1.54, 1.807) is 6.20 Å². The minimum atomic E-state index is 0.0789. The van der Waals surface area contributed by atoms with Crippen molar-refractivity contribution < 1.29 is 4.79 Å². The molecule has 1 aliphatic rings. The van der Waals surface area contributed by atoms with Crippen molar-refractivity contribution >= 4 is 5.91 Å². The van der Waals surface area contributed by atoms with E-state index >= 15 is 0 Å². The van der Waals surface area contributed by atoms with E-state index in [4.69, 9.17) is 5.73 Å². The highest BCUT2D eigenvalue weighted by Gasteiger charge is 2.37. The SMILES string of the molecule is Cc1[nH]ncc1CNC(=O)CC1(CN)CCC1. The summed E-state index contributed by atoms with van der Waals surface area (Å²) in [6.07, 6.45) is 5.67. The molecule has 0 aromatic carbocycles. The van der Waals surface area contributed by atoms with Crippen LogP contribution in [0.15, 0.2) is 6.20 Å². The third kappa shape index (κ3) is 2.66. The van der Waals surface area contributed by atoms with Crippen molar-refractivity contribution in [2.45, 2.75) is 39.2 Å². The topological polar surface area (TPSA) is 83.8 Å². The average molecular weight is 236 g/mol. The quantitative estimate of drug-likeness (QED) is 0.708. The summed E-state index contributed by atoms with van der Waals surface area (Å²) < 4.78 is 0. The molecule has 17 heavy (non-hydrogen) atoms. The van der Waals surface area contributed by atoms with E-state index in [2.05, 4.69) is 15.5 Å². The van der Waals surface area contributed by atoms with Gasteiger partial charge in [0.05, 0.1) is 6.20 Å². The Hall–Kier alpha value is -1.36. The number of carbonyl (C=O) groups is 1. The van der Waals surface area contributed by atoms with Crippen molar-refractivity contribution in [2.24, 2.45) is 11.1 Å². The summed E-state index contributed by atoms with van der Waals surface area (Å²) in [5.74, 6) is 0.0933. The van der Waals surface area contributed by atoms with Crippen molar-refractivity contribution in [3.8, 4) is 0 Å². The maximum Gasteiger partial charge on any atom is 0.220 e. The summed E-state index contributed by atoms with van der Waals surface area (Å²) in [5.41, 5.74) is 7.85. The zero-order chi connectivity index (χ0) is 12.3. The lowest BCUT2D eigenvalue weighted by Gasteiger charge is -2.40. The minimum Gasteiger partial charge on any atom is -0.352 e. The normalized spacial score (nSPS) is 17.5. The fourth-order valence-electron chi connectivity index (χ4n) is 2.28. The van der Waals surface area contributed by atoms with E-state index in [0.717, 1.165) is 24.1 Å². The van der Waals surface area contributed by atoms with Crippen LogP contribution in [0.5, 0.6) is 0 Å². The summed E-state index contributed by atoms with van der Waals surface area (Å²) in [6, 6.07) is 0. The third-order valence-electron chi connectivity index (χ3n) is 3.79. The Labute approximate surface area is 101 Å². The molecule has 4 N–H and O–H groups in total. The lowest BCUT2D eigenvalue weighted by Crippen LogP contribution is -2.41. The molecule has 0 radical (unpaired) electrons. The lowest BCUT2D eigenvalue weighted by atomic mass is 9.66. The van der Waals surface area contributed by atoms with E-state index in [1.807, 2.05) is 6.92 Å². The molecule has 1 aromatic heterocycles. The van der Waals surface area contributed by atoms with Crippen molar-refractivity contribution in [1.29, 1.82) is 0 Å². The Morgan fingerprint density at radius 3 is 2.88 bits per heavy atom. The standard InChI is InChI=1S/C12H20N4O/c1-9-10(7-15-16-9)6-14-11(17)5-12(8-13)3-2-4-12/h7H,2-6,8,13H2,1H3,(H,14,17)(H,15,16). The van der Waals surface area contributed by atoms with Crippen LogP contribution >= 0.6 is 0 Å². The molecule has 0 atom stereocenters. The Morgan fingerprint density at radius 1 is 1.65 bits per heavy atom. The molecule has 2 rings (SSSR count). The second-order valence-corrected chi connectivity index (χ2v) is 5.03. The number of nitrogens with one attached hydrogen (secondary N) is 2. The molecule has 0 bridgehead atoms.